The van der Waals surface area contributed by atoms with Gasteiger partial charge in [0.2, 0.25) is 6.79 Å². The lowest BCUT2D eigenvalue weighted by molar-refractivity contribution is 0.173. The second-order valence-corrected chi connectivity index (χ2v) is 5.86. The molecule has 0 radical (unpaired) electrons. The molecule has 1 aliphatic heterocycles. The summed E-state index contributed by atoms with van der Waals surface area (Å²) in [6, 6.07) is 11.8. The van der Waals surface area contributed by atoms with Crippen LogP contribution in [-0.4, -0.2) is 12.8 Å². The van der Waals surface area contributed by atoms with E-state index in [2.05, 4.69) is 26.2 Å². The summed E-state index contributed by atoms with van der Waals surface area (Å²) >= 11 is 3.47. The molecule has 2 aromatic rings. The summed E-state index contributed by atoms with van der Waals surface area (Å²) in [5.41, 5.74) is 9.02. The van der Waals surface area contributed by atoms with Crippen molar-refractivity contribution in [2.75, 3.05) is 12.1 Å². The Bertz CT molecular complexity index is 714. The van der Waals surface area contributed by atoms with Gasteiger partial charge in [-0.2, -0.15) is 0 Å². The molecule has 0 bridgehead atoms. The molecule has 0 spiro atoms. The zero-order valence-corrected chi connectivity index (χ0v) is 13.7. The topological polar surface area (TPSA) is 68.9 Å². The summed E-state index contributed by atoms with van der Waals surface area (Å²) in [5.74, 6) is 1.83. The van der Waals surface area contributed by atoms with Crippen LogP contribution in [0.5, 0.6) is 11.5 Å². The van der Waals surface area contributed by atoms with E-state index in [0.717, 1.165) is 27.2 Å². The Morgan fingerprint density at radius 3 is 2.82 bits per heavy atom. The first-order chi connectivity index (χ1) is 10.6. The largest absolute Gasteiger partial charge is 0.454 e. The second-order valence-electron chi connectivity index (χ2n) is 5.00. The second kappa shape index (κ2) is 6.27. The lowest BCUT2D eigenvalue weighted by Crippen LogP contribution is -2.22. The van der Waals surface area contributed by atoms with Gasteiger partial charge in [0.15, 0.2) is 17.5 Å². The van der Waals surface area contributed by atoms with Crippen LogP contribution in [0.1, 0.15) is 11.1 Å². The maximum Gasteiger partial charge on any atom is 0.231 e. The SMILES string of the molecule is Cc1ccc(NC(N)=NCc2cc(Br)c3c(c2)OCO3)cc1. The number of aliphatic imine (C=N–C) groups is 1. The molecule has 0 atom stereocenters. The Balaban J connectivity index is 1.68. The molecule has 22 heavy (non-hydrogen) atoms. The highest BCUT2D eigenvalue weighted by Gasteiger charge is 2.17. The van der Waals surface area contributed by atoms with Crippen LogP contribution >= 0.6 is 15.9 Å². The third-order valence-electron chi connectivity index (χ3n) is 3.24. The van der Waals surface area contributed by atoms with Crippen molar-refractivity contribution in [3.8, 4) is 11.5 Å². The van der Waals surface area contributed by atoms with Crippen molar-refractivity contribution in [1.29, 1.82) is 0 Å². The van der Waals surface area contributed by atoms with Gasteiger partial charge in [-0.1, -0.05) is 17.7 Å². The number of nitrogens with zero attached hydrogens (tertiary/aromatic N) is 1. The molecule has 0 amide bonds. The number of fused-ring (bicyclic) bond motifs is 1. The molecule has 0 saturated carbocycles. The smallest absolute Gasteiger partial charge is 0.231 e. The van der Waals surface area contributed by atoms with Crippen molar-refractivity contribution < 1.29 is 9.47 Å². The van der Waals surface area contributed by atoms with Gasteiger partial charge in [-0.15, -0.1) is 0 Å². The molecule has 0 saturated heterocycles. The van der Waals surface area contributed by atoms with Crippen molar-refractivity contribution in [2.45, 2.75) is 13.5 Å². The molecule has 0 unspecified atom stereocenters. The van der Waals surface area contributed by atoms with E-state index in [9.17, 15) is 0 Å². The summed E-state index contributed by atoms with van der Waals surface area (Å²) < 4.78 is 11.6. The number of rotatable bonds is 3. The van der Waals surface area contributed by atoms with Crippen molar-refractivity contribution in [1.82, 2.24) is 0 Å². The zero-order valence-electron chi connectivity index (χ0n) is 12.1. The minimum Gasteiger partial charge on any atom is -0.454 e. The number of hydrogen-bond donors (Lipinski definition) is 2. The fourth-order valence-corrected chi connectivity index (χ4v) is 2.72. The van der Waals surface area contributed by atoms with Crippen LogP contribution in [0, 0.1) is 6.92 Å². The highest BCUT2D eigenvalue weighted by atomic mass is 79.9. The predicted octanol–water partition coefficient (Wildman–Crippen LogP) is 3.41. The molecule has 6 heteroatoms. The van der Waals surface area contributed by atoms with Crippen molar-refractivity contribution >= 4 is 27.6 Å². The minimum atomic E-state index is 0.248. The van der Waals surface area contributed by atoms with E-state index >= 15 is 0 Å². The quantitative estimate of drug-likeness (QED) is 0.649. The lowest BCUT2D eigenvalue weighted by Gasteiger charge is -2.07. The van der Waals surface area contributed by atoms with Crippen molar-refractivity contribution in [3.63, 3.8) is 0 Å². The molecule has 0 fully saturated rings. The molecule has 1 aliphatic rings. The van der Waals surface area contributed by atoms with Crippen LogP contribution in [0.4, 0.5) is 5.69 Å². The van der Waals surface area contributed by atoms with Crippen LogP contribution in [0.25, 0.3) is 0 Å². The van der Waals surface area contributed by atoms with Crippen LogP contribution in [-0.2, 0) is 6.54 Å². The number of halogens is 1. The summed E-state index contributed by atoms with van der Waals surface area (Å²) in [5, 5.41) is 3.07. The fourth-order valence-electron chi connectivity index (χ4n) is 2.11. The van der Waals surface area contributed by atoms with Crippen LogP contribution < -0.4 is 20.5 Å². The number of benzene rings is 2. The third-order valence-corrected chi connectivity index (χ3v) is 3.83. The normalized spacial score (nSPS) is 13.3. The third kappa shape index (κ3) is 3.33. The molecular formula is C16H16BrN3O2. The summed E-state index contributed by atoms with van der Waals surface area (Å²) in [4.78, 5) is 4.34. The predicted molar refractivity (Wildman–Crippen MR) is 90.4 cm³/mol. The highest BCUT2D eigenvalue weighted by Crippen LogP contribution is 2.40. The molecule has 2 aromatic carbocycles. The minimum absolute atomic E-state index is 0.248. The highest BCUT2D eigenvalue weighted by molar-refractivity contribution is 9.10. The first-order valence-corrected chi connectivity index (χ1v) is 7.63. The number of ether oxygens (including phenoxy) is 2. The molecule has 5 nitrogen and oxygen atoms in total. The Morgan fingerprint density at radius 2 is 2.05 bits per heavy atom. The number of anilines is 1. The van der Waals surface area contributed by atoms with Crippen molar-refractivity contribution in [2.24, 2.45) is 10.7 Å². The standard InChI is InChI=1S/C16H16BrN3O2/c1-10-2-4-12(5-3-10)20-16(18)19-8-11-6-13(17)15-14(7-11)21-9-22-15/h2-7H,8-9H2,1H3,(H3,18,19,20). The molecule has 0 aliphatic carbocycles. The van der Waals surface area contributed by atoms with Gasteiger partial charge in [-0.05, 0) is 52.7 Å². The lowest BCUT2D eigenvalue weighted by atomic mass is 10.2. The number of nitrogens with two attached hydrogens (primary N) is 1. The summed E-state index contributed by atoms with van der Waals surface area (Å²) in [6.07, 6.45) is 0. The van der Waals surface area contributed by atoms with Gasteiger partial charge < -0.3 is 20.5 Å². The number of guanidine groups is 1. The van der Waals surface area contributed by atoms with E-state index in [-0.39, 0.29) is 6.79 Å². The molecule has 1 heterocycles. The van der Waals surface area contributed by atoms with Crippen LogP contribution in [0.2, 0.25) is 0 Å². The first-order valence-electron chi connectivity index (χ1n) is 6.83. The number of aryl methyl sites for hydroxylation is 1. The molecule has 3 rings (SSSR count). The molecule has 3 N–H and O–H groups in total. The van der Waals surface area contributed by atoms with E-state index in [1.165, 1.54) is 5.56 Å². The maximum absolute atomic E-state index is 5.91. The van der Waals surface area contributed by atoms with Gasteiger partial charge in [-0.25, -0.2) is 4.99 Å². The van der Waals surface area contributed by atoms with Gasteiger partial charge in [-0.3, -0.25) is 0 Å². The summed E-state index contributed by atoms with van der Waals surface area (Å²) in [7, 11) is 0. The maximum atomic E-state index is 5.91. The average molecular weight is 362 g/mol. The van der Waals surface area contributed by atoms with E-state index in [0.29, 0.717) is 12.5 Å². The monoisotopic (exact) mass is 361 g/mol. The average Bonchev–Trinajstić information content (AvgIpc) is 2.97. The van der Waals surface area contributed by atoms with E-state index in [4.69, 9.17) is 15.2 Å². The van der Waals surface area contributed by atoms with Crippen molar-refractivity contribution in [3.05, 3.63) is 52.0 Å². The van der Waals surface area contributed by atoms with Crippen LogP contribution in [0.3, 0.4) is 0 Å². The summed E-state index contributed by atoms with van der Waals surface area (Å²) in [6.45, 7) is 2.75. The first kappa shape index (κ1) is 14.7. The van der Waals surface area contributed by atoms with Crippen LogP contribution in [0.15, 0.2) is 45.9 Å². The Kier molecular flexibility index (Phi) is 4.20. The van der Waals surface area contributed by atoms with Gasteiger partial charge >= 0.3 is 0 Å². The number of hydrogen-bond acceptors (Lipinski definition) is 3. The van der Waals surface area contributed by atoms with Gasteiger partial charge in [0.05, 0.1) is 11.0 Å². The molecule has 0 aromatic heterocycles. The van der Waals surface area contributed by atoms with E-state index in [1.807, 2.05) is 43.3 Å². The Morgan fingerprint density at radius 1 is 1.27 bits per heavy atom. The van der Waals surface area contributed by atoms with E-state index in [1.54, 1.807) is 0 Å². The van der Waals surface area contributed by atoms with Gasteiger partial charge in [0.1, 0.15) is 0 Å². The fraction of sp³-hybridized carbons (Fsp3) is 0.188. The van der Waals surface area contributed by atoms with E-state index < -0.39 is 0 Å². The molecular weight excluding hydrogens is 346 g/mol. The Labute approximate surface area is 137 Å². The number of nitrogens with one attached hydrogen (secondary N) is 1. The van der Waals surface area contributed by atoms with Gasteiger partial charge in [0.25, 0.3) is 0 Å². The Hall–Kier alpha value is -2.21. The zero-order chi connectivity index (χ0) is 15.5. The molecule has 114 valence electrons. The van der Waals surface area contributed by atoms with Gasteiger partial charge in [0, 0.05) is 5.69 Å².